The number of thiazole rings is 1. The average Bonchev–Trinajstić information content (AvgIpc) is 3.07. The van der Waals surface area contributed by atoms with Gasteiger partial charge in [-0.25, -0.2) is 9.78 Å². The molecule has 0 unspecified atom stereocenters. The molecule has 1 N–H and O–H groups in total. The van der Waals surface area contributed by atoms with Crippen LogP contribution in [0.3, 0.4) is 0 Å². The third-order valence-electron chi connectivity index (χ3n) is 4.30. The van der Waals surface area contributed by atoms with E-state index >= 15 is 0 Å². The van der Waals surface area contributed by atoms with Crippen molar-refractivity contribution in [3.8, 4) is 0 Å². The number of ketones is 1. The van der Waals surface area contributed by atoms with E-state index in [1.165, 1.54) is 11.3 Å². The summed E-state index contributed by atoms with van der Waals surface area (Å²) in [5, 5.41) is 3.63. The molecule has 3 rings (SSSR count). The van der Waals surface area contributed by atoms with Crippen LogP contribution < -0.4 is 5.32 Å². The van der Waals surface area contributed by atoms with Crippen LogP contribution in [0.2, 0.25) is 5.02 Å². The first-order chi connectivity index (χ1) is 13.5. The topological polar surface area (TPSA) is 88.6 Å². The van der Waals surface area contributed by atoms with Crippen LogP contribution in [0, 0.1) is 0 Å². The van der Waals surface area contributed by atoms with Gasteiger partial charge in [-0.1, -0.05) is 22.9 Å². The number of halogens is 1. The fraction of sp³-hybridized carbons (Fsp3) is 0.368. The predicted molar refractivity (Wildman–Crippen MR) is 107 cm³/mol. The number of ether oxygens (including phenoxy) is 1. The lowest BCUT2D eigenvalue weighted by Gasteiger charge is -2.26. The molecule has 2 amide bonds. The molecule has 9 heteroatoms. The van der Waals surface area contributed by atoms with Crippen LogP contribution in [-0.2, 0) is 22.5 Å². The van der Waals surface area contributed by atoms with Crippen LogP contribution >= 0.6 is 22.9 Å². The Morgan fingerprint density at radius 2 is 2.00 bits per heavy atom. The van der Waals surface area contributed by atoms with E-state index < -0.39 is 6.09 Å². The summed E-state index contributed by atoms with van der Waals surface area (Å²) < 4.78 is 4.85. The van der Waals surface area contributed by atoms with Gasteiger partial charge >= 0.3 is 6.09 Å². The van der Waals surface area contributed by atoms with Gasteiger partial charge in [0.15, 0.2) is 10.9 Å². The number of anilines is 1. The molecule has 0 aliphatic carbocycles. The Kier molecular flexibility index (Phi) is 6.64. The number of rotatable bonds is 6. The van der Waals surface area contributed by atoms with Crippen molar-refractivity contribution in [1.29, 1.82) is 0 Å². The maximum atomic E-state index is 12.5. The van der Waals surface area contributed by atoms with E-state index in [-0.39, 0.29) is 31.1 Å². The lowest BCUT2D eigenvalue weighted by atomic mass is 10.1. The molecule has 0 fully saturated rings. The van der Waals surface area contributed by atoms with Gasteiger partial charge in [0.05, 0.1) is 18.8 Å². The molecule has 0 radical (unpaired) electrons. The van der Waals surface area contributed by atoms with Gasteiger partial charge in [-0.05, 0) is 31.2 Å². The van der Waals surface area contributed by atoms with E-state index in [2.05, 4.69) is 10.3 Å². The van der Waals surface area contributed by atoms with Crippen molar-refractivity contribution in [2.75, 3.05) is 18.5 Å². The summed E-state index contributed by atoms with van der Waals surface area (Å²) in [5.74, 6) is -0.150. The predicted octanol–water partition coefficient (Wildman–Crippen LogP) is 3.91. The van der Waals surface area contributed by atoms with E-state index in [9.17, 15) is 14.4 Å². The maximum Gasteiger partial charge on any atom is 0.413 e. The van der Waals surface area contributed by atoms with Crippen molar-refractivity contribution < 1.29 is 19.1 Å². The highest BCUT2D eigenvalue weighted by Gasteiger charge is 2.25. The van der Waals surface area contributed by atoms with Gasteiger partial charge in [-0.2, -0.15) is 0 Å². The molecule has 2 aromatic rings. The minimum atomic E-state index is -0.540. The molecule has 1 aliphatic rings. The molecule has 1 aromatic carbocycles. The highest BCUT2D eigenvalue weighted by Crippen LogP contribution is 2.29. The molecule has 0 spiro atoms. The second-order valence-corrected chi connectivity index (χ2v) is 7.75. The van der Waals surface area contributed by atoms with Crippen molar-refractivity contribution in [1.82, 2.24) is 9.88 Å². The summed E-state index contributed by atoms with van der Waals surface area (Å²) in [6.45, 7) is 3.00. The molecule has 148 valence electrons. The first-order valence-corrected chi connectivity index (χ1v) is 10.1. The minimum Gasteiger partial charge on any atom is -0.450 e. The summed E-state index contributed by atoms with van der Waals surface area (Å²) >= 11 is 7.16. The highest BCUT2D eigenvalue weighted by molar-refractivity contribution is 7.15. The molecule has 28 heavy (non-hydrogen) atoms. The second kappa shape index (κ2) is 9.16. The number of hydrogen-bond acceptors (Lipinski definition) is 6. The zero-order valence-corrected chi connectivity index (χ0v) is 16.9. The monoisotopic (exact) mass is 421 g/mol. The van der Waals surface area contributed by atoms with Crippen molar-refractivity contribution in [2.24, 2.45) is 0 Å². The number of carbonyl (C=O) groups excluding carboxylic acids is 3. The zero-order chi connectivity index (χ0) is 20.1. The molecule has 0 atom stereocenters. The van der Waals surface area contributed by atoms with Crippen LogP contribution in [0.25, 0.3) is 0 Å². The molecular formula is C19H20ClN3O4S. The number of amides is 2. The summed E-state index contributed by atoms with van der Waals surface area (Å²) in [6, 6.07) is 6.65. The Bertz CT molecular complexity index is 882. The molecule has 2 heterocycles. The van der Waals surface area contributed by atoms with E-state index in [0.717, 1.165) is 10.6 Å². The molecule has 0 saturated heterocycles. The van der Waals surface area contributed by atoms with E-state index in [0.29, 0.717) is 35.2 Å². The smallest absolute Gasteiger partial charge is 0.413 e. The Morgan fingerprint density at radius 1 is 1.25 bits per heavy atom. The van der Waals surface area contributed by atoms with Gasteiger partial charge in [0.25, 0.3) is 0 Å². The number of hydrogen-bond donors (Lipinski definition) is 1. The van der Waals surface area contributed by atoms with Gasteiger partial charge in [-0.15, -0.1) is 0 Å². The number of nitrogens with one attached hydrogen (secondary N) is 1. The summed E-state index contributed by atoms with van der Waals surface area (Å²) in [4.78, 5) is 43.3. The van der Waals surface area contributed by atoms with Gasteiger partial charge in [0, 0.05) is 41.3 Å². The van der Waals surface area contributed by atoms with Gasteiger partial charge in [-0.3, -0.25) is 14.9 Å². The van der Waals surface area contributed by atoms with Crippen molar-refractivity contribution >= 4 is 45.9 Å². The normalized spacial score (nSPS) is 13.0. The SMILES string of the molecule is CCOC(=O)Nc1nc2c(s1)CN(C(=O)CCC(=O)c1ccc(Cl)cc1)CC2. The Morgan fingerprint density at radius 3 is 2.71 bits per heavy atom. The van der Waals surface area contributed by atoms with Gasteiger partial charge in [0.1, 0.15) is 0 Å². The Balaban J connectivity index is 1.53. The molecule has 1 aromatic heterocycles. The third-order valence-corrected chi connectivity index (χ3v) is 5.55. The number of fused-ring (bicyclic) bond motifs is 1. The van der Waals surface area contributed by atoms with Crippen molar-refractivity contribution in [3.63, 3.8) is 0 Å². The third kappa shape index (κ3) is 5.08. The molecule has 0 saturated carbocycles. The Hall–Kier alpha value is -2.45. The molecular weight excluding hydrogens is 402 g/mol. The van der Waals surface area contributed by atoms with Crippen LogP contribution in [0.1, 0.15) is 40.7 Å². The quantitative estimate of drug-likeness (QED) is 0.714. The van der Waals surface area contributed by atoms with Crippen LogP contribution in [0.4, 0.5) is 9.93 Å². The second-order valence-electron chi connectivity index (χ2n) is 6.23. The van der Waals surface area contributed by atoms with Crippen molar-refractivity contribution in [3.05, 3.63) is 45.4 Å². The van der Waals surface area contributed by atoms with E-state index in [4.69, 9.17) is 16.3 Å². The molecule has 0 bridgehead atoms. The van der Waals surface area contributed by atoms with Crippen LogP contribution in [0.15, 0.2) is 24.3 Å². The van der Waals surface area contributed by atoms with Crippen molar-refractivity contribution in [2.45, 2.75) is 32.7 Å². The number of nitrogens with zero attached hydrogens (tertiary/aromatic N) is 2. The fourth-order valence-electron chi connectivity index (χ4n) is 2.87. The average molecular weight is 422 g/mol. The molecule has 7 nitrogen and oxygen atoms in total. The Labute approximate surface area is 171 Å². The summed E-state index contributed by atoms with van der Waals surface area (Å²) in [5.41, 5.74) is 1.44. The summed E-state index contributed by atoms with van der Waals surface area (Å²) in [6.07, 6.45) is 0.390. The van der Waals surface area contributed by atoms with E-state index in [1.54, 1.807) is 36.1 Å². The first kappa shape index (κ1) is 20.3. The number of Topliss-reactive ketones (excluding diaryl/α,β-unsaturated/α-hetero) is 1. The van der Waals surface area contributed by atoms with Crippen LogP contribution in [0.5, 0.6) is 0 Å². The number of benzene rings is 1. The van der Waals surface area contributed by atoms with Gasteiger partial charge < -0.3 is 9.64 Å². The standard InChI is InChI=1S/C19H20ClN3O4S/c1-2-27-19(26)22-18-21-14-9-10-23(11-16(14)28-18)17(25)8-7-15(24)12-3-5-13(20)6-4-12/h3-6H,2,7-11H2,1H3,(H,21,22,26). The minimum absolute atomic E-state index is 0.0683. The lowest BCUT2D eigenvalue weighted by Crippen LogP contribution is -2.35. The number of aromatic nitrogens is 1. The first-order valence-electron chi connectivity index (χ1n) is 8.95. The zero-order valence-electron chi connectivity index (χ0n) is 15.4. The molecule has 1 aliphatic heterocycles. The van der Waals surface area contributed by atoms with Crippen LogP contribution in [-0.4, -0.2) is 40.8 Å². The van der Waals surface area contributed by atoms with Gasteiger partial charge in [0.2, 0.25) is 5.91 Å². The number of carbonyl (C=O) groups is 3. The summed E-state index contributed by atoms with van der Waals surface area (Å²) in [7, 11) is 0. The van der Waals surface area contributed by atoms with E-state index in [1.807, 2.05) is 0 Å². The largest absolute Gasteiger partial charge is 0.450 e. The maximum absolute atomic E-state index is 12.5. The fourth-order valence-corrected chi connectivity index (χ4v) is 4.01. The highest BCUT2D eigenvalue weighted by atomic mass is 35.5. The lowest BCUT2D eigenvalue weighted by molar-refractivity contribution is -0.132.